The van der Waals surface area contributed by atoms with Gasteiger partial charge < -0.3 is 10.1 Å². The largest absolute Gasteiger partial charge is 0.497 e. The molecule has 0 unspecified atom stereocenters. The van der Waals surface area contributed by atoms with E-state index in [1.807, 2.05) is 0 Å². The minimum absolute atomic E-state index is 0. The monoisotopic (exact) mass is 389 g/mol. The van der Waals surface area contributed by atoms with Crippen LogP contribution in [0.1, 0.15) is 50.8 Å². The van der Waals surface area contributed by atoms with E-state index in [9.17, 15) is 13.2 Å². The SMILES string of the molecule is COc1ccc2nc(C(F)(F)F)nc(NC3CCCCCCC3)c2c1.Cl. The van der Waals surface area contributed by atoms with E-state index in [1.54, 1.807) is 12.1 Å². The first-order valence-corrected chi connectivity index (χ1v) is 8.67. The highest BCUT2D eigenvalue weighted by Crippen LogP contribution is 2.33. The lowest BCUT2D eigenvalue weighted by Gasteiger charge is -2.23. The lowest BCUT2D eigenvalue weighted by molar-refractivity contribution is -0.144. The Morgan fingerprint density at radius 3 is 2.31 bits per heavy atom. The molecule has 0 aliphatic heterocycles. The second-order valence-corrected chi connectivity index (χ2v) is 6.46. The summed E-state index contributed by atoms with van der Waals surface area (Å²) >= 11 is 0. The fraction of sp³-hybridized carbons (Fsp3) is 0.556. The summed E-state index contributed by atoms with van der Waals surface area (Å²) in [5.74, 6) is -0.308. The maximum Gasteiger partial charge on any atom is 0.451 e. The Morgan fingerprint density at radius 1 is 1.04 bits per heavy atom. The Morgan fingerprint density at radius 2 is 1.69 bits per heavy atom. The van der Waals surface area contributed by atoms with Crippen molar-refractivity contribution in [2.45, 2.75) is 57.2 Å². The molecule has 1 saturated carbocycles. The minimum atomic E-state index is -4.58. The third-order valence-corrected chi connectivity index (χ3v) is 4.60. The zero-order chi connectivity index (χ0) is 17.9. The van der Waals surface area contributed by atoms with Gasteiger partial charge in [0, 0.05) is 11.4 Å². The summed E-state index contributed by atoms with van der Waals surface area (Å²) in [6, 6.07) is 4.95. The van der Waals surface area contributed by atoms with Crippen molar-refractivity contribution in [3.8, 4) is 5.75 Å². The molecule has 0 amide bonds. The van der Waals surface area contributed by atoms with E-state index in [2.05, 4.69) is 15.3 Å². The maximum absolute atomic E-state index is 13.2. The van der Waals surface area contributed by atoms with Crippen LogP contribution in [0.3, 0.4) is 0 Å². The van der Waals surface area contributed by atoms with Gasteiger partial charge in [-0.15, -0.1) is 12.4 Å². The van der Waals surface area contributed by atoms with Crippen LogP contribution in [0.4, 0.5) is 19.0 Å². The number of hydrogen-bond donors (Lipinski definition) is 1. The Balaban J connectivity index is 0.00000243. The average molecular weight is 390 g/mol. The predicted molar refractivity (Wildman–Crippen MR) is 98.1 cm³/mol. The third kappa shape index (κ3) is 4.90. The summed E-state index contributed by atoms with van der Waals surface area (Å²) in [6.45, 7) is 0. The molecule has 0 radical (unpaired) electrons. The summed E-state index contributed by atoms with van der Waals surface area (Å²) < 4.78 is 44.7. The van der Waals surface area contributed by atoms with Crippen molar-refractivity contribution in [2.24, 2.45) is 0 Å². The molecule has 1 heterocycles. The number of methoxy groups -OCH3 is 1. The second kappa shape index (κ2) is 8.75. The zero-order valence-electron chi connectivity index (χ0n) is 14.6. The van der Waals surface area contributed by atoms with Crippen molar-refractivity contribution >= 4 is 29.1 Å². The number of rotatable bonds is 3. The molecular formula is C18H23ClF3N3O. The zero-order valence-corrected chi connectivity index (χ0v) is 15.4. The molecule has 1 aromatic heterocycles. The van der Waals surface area contributed by atoms with E-state index in [0.717, 1.165) is 25.7 Å². The first-order chi connectivity index (χ1) is 12.0. The molecule has 1 aliphatic rings. The summed E-state index contributed by atoms with van der Waals surface area (Å²) in [6.07, 6.45) is 3.04. The van der Waals surface area contributed by atoms with Gasteiger partial charge in [-0.2, -0.15) is 13.2 Å². The van der Waals surface area contributed by atoms with E-state index in [4.69, 9.17) is 4.74 Å². The summed E-state index contributed by atoms with van der Waals surface area (Å²) in [7, 11) is 1.52. The maximum atomic E-state index is 13.2. The van der Waals surface area contributed by atoms with Crippen LogP contribution in [0.15, 0.2) is 18.2 Å². The van der Waals surface area contributed by atoms with Gasteiger partial charge in [-0.1, -0.05) is 32.1 Å². The first kappa shape index (κ1) is 20.6. The van der Waals surface area contributed by atoms with Gasteiger partial charge >= 0.3 is 6.18 Å². The van der Waals surface area contributed by atoms with Crippen molar-refractivity contribution in [1.82, 2.24) is 9.97 Å². The topological polar surface area (TPSA) is 47.0 Å². The lowest BCUT2D eigenvalue weighted by Crippen LogP contribution is -2.23. The number of hydrogen-bond acceptors (Lipinski definition) is 4. The Labute approximate surface area is 157 Å². The van der Waals surface area contributed by atoms with Crippen LogP contribution in [-0.4, -0.2) is 23.1 Å². The number of ether oxygens (including phenoxy) is 1. The molecule has 0 spiro atoms. The number of fused-ring (bicyclic) bond motifs is 1. The molecule has 0 saturated heterocycles. The molecular weight excluding hydrogens is 367 g/mol. The fourth-order valence-electron chi connectivity index (χ4n) is 3.27. The van der Waals surface area contributed by atoms with Gasteiger partial charge in [-0.3, -0.25) is 0 Å². The summed E-state index contributed by atoms with van der Waals surface area (Å²) in [4.78, 5) is 7.47. The lowest BCUT2D eigenvalue weighted by atomic mass is 9.96. The normalized spacial score (nSPS) is 16.5. The molecule has 1 fully saturated rings. The predicted octanol–water partition coefficient (Wildman–Crippen LogP) is 5.60. The van der Waals surface area contributed by atoms with Gasteiger partial charge in [-0.25, -0.2) is 9.97 Å². The summed E-state index contributed by atoms with van der Waals surface area (Å²) in [5, 5.41) is 3.80. The number of alkyl halides is 3. The van der Waals surface area contributed by atoms with Crippen LogP contribution in [0, 0.1) is 0 Å². The van der Waals surface area contributed by atoms with Gasteiger partial charge in [0.1, 0.15) is 11.6 Å². The highest BCUT2D eigenvalue weighted by atomic mass is 35.5. The quantitative estimate of drug-likeness (QED) is 0.741. The van der Waals surface area contributed by atoms with E-state index in [1.165, 1.54) is 32.4 Å². The number of benzene rings is 1. The number of nitrogens with one attached hydrogen (secondary N) is 1. The van der Waals surface area contributed by atoms with Gasteiger partial charge in [0.05, 0.1) is 12.6 Å². The van der Waals surface area contributed by atoms with Gasteiger partial charge in [0.2, 0.25) is 5.82 Å². The number of aromatic nitrogens is 2. The molecule has 1 N–H and O–H groups in total. The fourth-order valence-corrected chi connectivity index (χ4v) is 3.27. The van der Waals surface area contributed by atoms with Gasteiger partial charge in [0.15, 0.2) is 0 Å². The number of halogens is 4. The van der Waals surface area contributed by atoms with Crippen molar-refractivity contribution in [3.63, 3.8) is 0 Å². The molecule has 2 aromatic rings. The van der Waals surface area contributed by atoms with E-state index < -0.39 is 12.0 Å². The number of nitrogens with zero attached hydrogens (tertiary/aromatic N) is 2. The highest BCUT2D eigenvalue weighted by Gasteiger charge is 2.35. The van der Waals surface area contributed by atoms with Crippen molar-refractivity contribution in [3.05, 3.63) is 24.0 Å². The summed E-state index contributed by atoms with van der Waals surface area (Å²) in [5.41, 5.74) is 0.261. The Bertz CT molecular complexity index is 731. The van der Waals surface area contributed by atoms with E-state index in [0.29, 0.717) is 11.1 Å². The van der Waals surface area contributed by atoms with Crippen LogP contribution < -0.4 is 10.1 Å². The second-order valence-electron chi connectivity index (χ2n) is 6.46. The van der Waals surface area contributed by atoms with Crippen molar-refractivity contribution in [1.29, 1.82) is 0 Å². The smallest absolute Gasteiger partial charge is 0.451 e. The van der Waals surface area contributed by atoms with Gasteiger partial charge in [0.25, 0.3) is 0 Å². The Hall–Kier alpha value is -1.76. The minimum Gasteiger partial charge on any atom is -0.497 e. The third-order valence-electron chi connectivity index (χ3n) is 4.60. The first-order valence-electron chi connectivity index (χ1n) is 8.67. The van der Waals surface area contributed by atoms with Crippen LogP contribution in [0.5, 0.6) is 5.75 Å². The molecule has 144 valence electrons. The molecule has 0 bridgehead atoms. The van der Waals surface area contributed by atoms with E-state index in [-0.39, 0.29) is 29.8 Å². The highest BCUT2D eigenvalue weighted by molar-refractivity contribution is 5.90. The van der Waals surface area contributed by atoms with Crippen molar-refractivity contribution < 1.29 is 17.9 Å². The molecule has 1 aliphatic carbocycles. The number of anilines is 1. The standard InChI is InChI=1S/C18H22F3N3O.ClH/c1-25-13-9-10-15-14(11-13)16(24-17(23-15)18(19,20)21)22-12-7-5-3-2-4-6-8-12;/h9-12H,2-8H2,1H3,(H,22,23,24);1H. The van der Waals surface area contributed by atoms with E-state index >= 15 is 0 Å². The molecule has 3 rings (SSSR count). The van der Waals surface area contributed by atoms with Crippen LogP contribution >= 0.6 is 12.4 Å². The van der Waals surface area contributed by atoms with Gasteiger partial charge in [-0.05, 0) is 31.0 Å². The van der Waals surface area contributed by atoms with Crippen LogP contribution in [0.25, 0.3) is 10.9 Å². The molecule has 4 nitrogen and oxygen atoms in total. The average Bonchev–Trinajstić information content (AvgIpc) is 2.55. The molecule has 0 atom stereocenters. The van der Waals surface area contributed by atoms with Crippen molar-refractivity contribution in [2.75, 3.05) is 12.4 Å². The molecule has 26 heavy (non-hydrogen) atoms. The van der Waals surface area contributed by atoms with Crippen LogP contribution in [-0.2, 0) is 6.18 Å². The van der Waals surface area contributed by atoms with Crippen LogP contribution in [0.2, 0.25) is 0 Å². The molecule has 8 heteroatoms. The molecule has 1 aromatic carbocycles. The Kier molecular flexibility index (Phi) is 6.92.